The molecular weight excluding hydrogens is 210 g/mol. The summed E-state index contributed by atoms with van der Waals surface area (Å²) in [6, 6.07) is -1.31. The first kappa shape index (κ1) is 14.9. The molecule has 0 bridgehead atoms. The van der Waals surface area contributed by atoms with E-state index in [-0.39, 0.29) is 18.4 Å². The summed E-state index contributed by atoms with van der Waals surface area (Å²) in [4.78, 5) is 24.6. The molecule has 6 nitrogen and oxygen atoms in total. The topological polar surface area (TPSA) is 84.7 Å². The summed E-state index contributed by atoms with van der Waals surface area (Å²) in [5.74, 6) is -0.521. The summed E-state index contributed by atoms with van der Waals surface area (Å²) < 4.78 is 4.75. The van der Waals surface area contributed by atoms with Gasteiger partial charge in [-0.3, -0.25) is 9.59 Å². The molecule has 0 spiro atoms. The third-order valence-electron chi connectivity index (χ3n) is 2.26. The predicted molar refractivity (Wildman–Crippen MR) is 60.8 cm³/mol. The van der Waals surface area contributed by atoms with Crippen molar-refractivity contribution in [2.24, 2.45) is 5.73 Å². The first-order valence-electron chi connectivity index (χ1n) is 5.23. The number of methoxy groups -OCH3 is 1. The summed E-state index contributed by atoms with van der Waals surface area (Å²) in [7, 11) is 3.15. The number of carbonyl (C=O) groups excluding carboxylic acids is 2. The van der Waals surface area contributed by atoms with Crippen molar-refractivity contribution in [2.45, 2.75) is 25.9 Å². The molecule has 0 fully saturated rings. The van der Waals surface area contributed by atoms with Gasteiger partial charge < -0.3 is 20.7 Å². The molecule has 0 saturated carbocycles. The fraction of sp³-hybridized carbons (Fsp3) is 0.800. The van der Waals surface area contributed by atoms with Gasteiger partial charge in [0.2, 0.25) is 11.8 Å². The van der Waals surface area contributed by atoms with Gasteiger partial charge >= 0.3 is 0 Å². The quantitative estimate of drug-likeness (QED) is 0.610. The molecule has 3 N–H and O–H groups in total. The fourth-order valence-corrected chi connectivity index (χ4v) is 1.12. The Labute approximate surface area is 96.1 Å². The van der Waals surface area contributed by atoms with Crippen LogP contribution in [-0.2, 0) is 14.3 Å². The normalized spacial score (nSPS) is 14.1. The van der Waals surface area contributed by atoms with E-state index in [1.807, 2.05) is 6.92 Å². The maximum absolute atomic E-state index is 11.6. The van der Waals surface area contributed by atoms with Crippen LogP contribution in [-0.4, -0.2) is 56.1 Å². The third kappa shape index (κ3) is 4.59. The third-order valence-corrected chi connectivity index (χ3v) is 2.26. The second-order valence-corrected chi connectivity index (χ2v) is 3.64. The molecule has 2 amide bonds. The Bertz CT molecular complexity index is 245. The number of hydrogen-bond acceptors (Lipinski definition) is 4. The number of likely N-dealkylation sites (N-methyl/N-ethyl adjacent to an activating group) is 1. The maximum Gasteiger partial charge on any atom is 0.244 e. The van der Waals surface area contributed by atoms with Gasteiger partial charge in [-0.2, -0.15) is 0 Å². The zero-order chi connectivity index (χ0) is 12.7. The van der Waals surface area contributed by atoms with Crippen LogP contribution in [0.15, 0.2) is 0 Å². The lowest BCUT2D eigenvalue weighted by Gasteiger charge is -2.21. The molecule has 0 aliphatic rings. The molecule has 0 rings (SSSR count). The van der Waals surface area contributed by atoms with E-state index in [1.54, 1.807) is 14.0 Å². The summed E-state index contributed by atoms with van der Waals surface area (Å²) in [5, 5.41) is 2.54. The molecule has 94 valence electrons. The molecule has 2 unspecified atom stereocenters. The Hall–Kier alpha value is -1.14. The number of nitrogens with two attached hydrogens (primary N) is 1. The summed E-state index contributed by atoms with van der Waals surface area (Å²) >= 11 is 0. The van der Waals surface area contributed by atoms with Crippen molar-refractivity contribution in [1.29, 1.82) is 0 Å². The molecule has 0 aromatic rings. The minimum atomic E-state index is -0.743. The Morgan fingerprint density at radius 2 is 2.06 bits per heavy atom. The highest BCUT2D eigenvalue weighted by atomic mass is 16.5. The minimum Gasteiger partial charge on any atom is -0.383 e. The number of nitrogens with one attached hydrogen (secondary N) is 1. The van der Waals surface area contributed by atoms with Crippen LogP contribution in [0, 0.1) is 0 Å². The Morgan fingerprint density at radius 1 is 1.50 bits per heavy atom. The van der Waals surface area contributed by atoms with Crippen molar-refractivity contribution >= 4 is 11.8 Å². The molecule has 0 aromatic heterocycles. The van der Waals surface area contributed by atoms with Crippen LogP contribution in [0.4, 0.5) is 0 Å². The van der Waals surface area contributed by atoms with Crippen LogP contribution < -0.4 is 11.1 Å². The molecule has 16 heavy (non-hydrogen) atoms. The zero-order valence-corrected chi connectivity index (χ0v) is 10.3. The summed E-state index contributed by atoms with van der Waals surface area (Å²) in [5.41, 5.74) is 5.52. The van der Waals surface area contributed by atoms with Gasteiger partial charge in [0.05, 0.1) is 6.61 Å². The molecule has 0 radical (unpaired) electrons. The van der Waals surface area contributed by atoms with Gasteiger partial charge in [-0.05, 0) is 13.8 Å². The standard InChI is InChI=1S/C10H21N3O3/c1-5-13(3)10(15)7(2)12-9(14)8(11)6-16-4/h7-8H,5-6,11H2,1-4H3,(H,12,14). The van der Waals surface area contributed by atoms with Crippen molar-refractivity contribution in [3.05, 3.63) is 0 Å². The molecule has 0 aliphatic heterocycles. The monoisotopic (exact) mass is 231 g/mol. The van der Waals surface area contributed by atoms with E-state index < -0.39 is 12.1 Å². The lowest BCUT2D eigenvalue weighted by molar-refractivity contribution is -0.135. The van der Waals surface area contributed by atoms with Gasteiger partial charge in [0.25, 0.3) is 0 Å². The highest BCUT2D eigenvalue weighted by Crippen LogP contribution is 1.92. The lowest BCUT2D eigenvalue weighted by Crippen LogP contribution is -2.51. The van der Waals surface area contributed by atoms with Crippen LogP contribution >= 0.6 is 0 Å². The minimum absolute atomic E-state index is 0.135. The number of ether oxygens (including phenoxy) is 1. The van der Waals surface area contributed by atoms with Gasteiger partial charge in [0.1, 0.15) is 12.1 Å². The Morgan fingerprint density at radius 3 is 2.50 bits per heavy atom. The first-order chi connectivity index (χ1) is 7.43. The smallest absolute Gasteiger partial charge is 0.244 e. The highest BCUT2D eigenvalue weighted by Gasteiger charge is 2.21. The second-order valence-electron chi connectivity index (χ2n) is 3.64. The van der Waals surface area contributed by atoms with E-state index in [0.29, 0.717) is 6.54 Å². The molecule has 2 atom stereocenters. The Kier molecular flexibility index (Phi) is 6.67. The van der Waals surface area contributed by atoms with Crippen molar-refractivity contribution in [3.8, 4) is 0 Å². The number of carbonyl (C=O) groups is 2. The summed E-state index contributed by atoms with van der Waals surface area (Å²) in [6.45, 7) is 4.23. The van der Waals surface area contributed by atoms with Gasteiger partial charge in [-0.25, -0.2) is 0 Å². The van der Waals surface area contributed by atoms with E-state index in [9.17, 15) is 9.59 Å². The Balaban J connectivity index is 4.18. The largest absolute Gasteiger partial charge is 0.383 e. The van der Waals surface area contributed by atoms with Crippen LogP contribution in [0.3, 0.4) is 0 Å². The van der Waals surface area contributed by atoms with Crippen molar-refractivity contribution in [1.82, 2.24) is 10.2 Å². The second kappa shape index (κ2) is 7.19. The summed E-state index contributed by atoms with van der Waals surface area (Å²) in [6.07, 6.45) is 0. The SMILES string of the molecule is CCN(C)C(=O)C(C)NC(=O)C(N)COC. The van der Waals surface area contributed by atoms with Crippen molar-refractivity contribution in [3.63, 3.8) is 0 Å². The van der Waals surface area contributed by atoms with E-state index >= 15 is 0 Å². The molecule has 0 aliphatic carbocycles. The molecule has 0 aromatic carbocycles. The zero-order valence-electron chi connectivity index (χ0n) is 10.3. The van der Waals surface area contributed by atoms with E-state index in [4.69, 9.17) is 10.5 Å². The van der Waals surface area contributed by atoms with Gasteiger partial charge in [0.15, 0.2) is 0 Å². The van der Waals surface area contributed by atoms with E-state index in [0.717, 1.165) is 0 Å². The molecule has 0 heterocycles. The van der Waals surface area contributed by atoms with Gasteiger partial charge in [0, 0.05) is 20.7 Å². The molecule has 6 heteroatoms. The van der Waals surface area contributed by atoms with Crippen LogP contribution in [0.5, 0.6) is 0 Å². The van der Waals surface area contributed by atoms with Crippen molar-refractivity contribution in [2.75, 3.05) is 27.3 Å². The number of nitrogens with zero attached hydrogens (tertiary/aromatic N) is 1. The fourth-order valence-electron chi connectivity index (χ4n) is 1.12. The van der Waals surface area contributed by atoms with Crippen molar-refractivity contribution < 1.29 is 14.3 Å². The molecular formula is C10H21N3O3. The average Bonchev–Trinajstić information content (AvgIpc) is 2.26. The predicted octanol–water partition coefficient (Wildman–Crippen LogP) is -1.06. The number of rotatable bonds is 6. The van der Waals surface area contributed by atoms with Gasteiger partial charge in [-0.15, -0.1) is 0 Å². The van der Waals surface area contributed by atoms with Gasteiger partial charge in [-0.1, -0.05) is 0 Å². The maximum atomic E-state index is 11.6. The number of hydrogen-bond donors (Lipinski definition) is 2. The average molecular weight is 231 g/mol. The number of amides is 2. The van der Waals surface area contributed by atoms with Crippen LogP contribution in [0.2, 0.25) is 0 Å². The highest BCUT2D eigenvalue weighted by molar-refractivity contribution is 5.89. The van der Waals surface area contributed by atoms with Crippen LogP contribution in [0.25, 0.3) is 0 Å². The first-order valence-corrected chi connectivity index (χ1v) is 5.23. The lowest BCUT2D eigenvalue weighted by atomic mass is 10.2. The van der Waals surface area contributed by atoms with E-state index in [2.05, 4.69) is 5.32 Å². The van der Waals surface area contributed by atoms with Crippen LogP contribution in [0.1, 0.15) is 13.8 Å². The molecule has 0 saturated heterocycles. The van der Waals surface area contributed by atoms with E-state index in [1.165, 1.54) is 12.0 Å².